The van der Waals surface area contributed by atoms with Crippen molar-refractivity contribution in [1.29, 1.82) is 0 Å². The molecule has 1 aliphatic heterocycles. The summed E-state index contributed by atoms with van der Waals surface area (Å²) in [4.78, 5) is 11.7. The molecular formula is C9H14O2S. The molecule has 0 saturated carbocycles. The van der Waals surface area contributed by atoms with Crippen LogP contribution in [-0.4, -0.2) is 15.7 Å². The van der Waals surface area contributed by atoms with E-state index in [-0.39, 0.29) is 11.5 Å². The molecule has 0 spiro atoms. The summed E-state index contributed by atoms with van der Waals surface area (Å²) in [5.74, 6) is 0.251. The molecule has 0 N–H and O–H groups in total. The van der Waals surface area contributed by atoms with Crippen molar-refractivity contribution in [3.8, 4) is 0 Å². The van der Waals surface area contributed by atoms with Crippen LogP contribution in [0, 0.1) is 0 Å². The third-order valence-electron chi connectivity index (χ3n) is 1.91. The van der Waals surface area contributed by atoms with Crippen LogP contribution >= 0.6 is 0 Å². The maximum absolute atomic E-state index is 11.2. The van der Waals surface area contributed by atoms with Crippen LogP contribution in [0.2, 0.25) is 0 Å². The molecular weight excluding hydrogens is 172 g/mol. The summed E-state index contributed by atoms with van der Waals surface area (Å²) in [5.41, 5.74) is 0. The third kappa shape index (κ3) is 2.55. The normalized spacial score (nSPS) is 22.9. The van der Waals surface area contributed by atoms with E-state index in [1.807, 2.05) is 0 Å². The Kier molecular flexibility index (Phi) is 3.66. The molecule has 0 aromatic heterocycles. The van der Waals surface area contributed by atoms with Crippen molar-refractivity contribution in [3.63, 3.8) is 0 Å². The second-order valence-corrected chi connectivity index (χ2v) is 4.53. The summed E-state index contributed by atoms with van der Waals surface area (Å²) < 4.78 is 11.2. The molecule has 0 radical (unpaired) electrons. The lowest BCUT2D eigenvalue weighted by Gasteiger charge is -1.98. The van der Waals surface area contributed by atoms with E-state index in [1.165, 1.54) is 0 Å². The first-order chi connectivity index (χ1) is 5.74. The number of ketones is 1. The van der Waals surface area contributed by atoms with E-state index in [9.17, 15) is 9.00 Å². The van der Waals surface area contributed by atoms with Crippen LogP contribution in [0.3, 0.4) is 0 Å². The van der Waals surface area contributed by atoms with E-state index in [2.05, 4.69) is 6.92 Å². The van der Waals surface area contributed by atoms with Crippen LogP contribution in [0.5, 0.6) is 0 Å². The van der Waals surface area contributed by atoms with Crippen LogP contribution in [0.1, 0.15) is 32.6 Å². The molecule has 1 unspecified atom stereocenters. The molecule has 0 aliphatic carbocycles. The van der Waals surface area contributed by atoms with Gasteiger partial charge < -0.3 is 0 Å². The summed E-state index contributed by atoms with van der Waals surface area (Å²) in [5, 5.41) is 0. The van der Waals surface area contributed by atoms with Gasteiger partial charge >= 0.3 is 0 Å². The molecule has 12 heavy (non-hydrogen) atoms. The first-order valence-electron chi connectivity index (χ1n) is 4.36. The van der Waals surface area contributed by atoms with Gasteiger partial charge in [-0.25, -0.2) is 0 Å². The van der Waals surface area contributed by atoms with E-state index in [4.69, 9.17) is 0 Å². The number of allylic oxidation sites excluding steroid dienone is 2. The quantitative estimate of drug-likeness (QED) is 0.627. The van der Waals surface area contributed by atoms with Gasteiger partial charge in [0.25, 0.3) is 0 Å². The smallest absolute Gasteiger partial charge is 0.169 e. The largest absolute Gasteiger partial charge is 0.294 e. The molecule has 0 amide bonds. The van der Waals surface area contributed by atoms with Crippen molar-refractivity contribution in [2.45, 2.75) is 32.6 Å². The minimum atomic E-state index is -0.983. The van der Waals surface area contributed by atoms with Crippen LogP contribution < -0.4 is 0 Å². The van der Waals surface area contributed by atoms with Gasteiger partial charge in [0.05, 0.1) is 16.6 Å². The molecule has 2 nitrogen and oxygen atoms in total. The fourth-order valence-corrected chi connectivity index (χ4v) is 2.41. The van der Waals surface area contributed by atoms with E-state index >= 15 is 0 Å². The molecule has 3 heteroatoms. The van der Waals surface area contributed by atoms with Crippen LogP contribution in [-0.2, 0) is 15.6 Å². The topological polar surface area (TPSA) is 34.1 Å². The Labute approximate surface area is 75.5 Å². The summed E-state index contributed by atoms with van der Waals surface area (Å²) in [6, 6.07) is 0. The van der Waals surface area contributed by atoms with Gasteiger partial charge in [0.15, 0.2) is 5.78 Å². The Morgan fingerprint density at radius 3 is 2.75 bits per heavy atom. The zero-order valence-electron chi connectivity index (χ0n) is 7.34. The van der Waals surface area contributed by atoms with E-state index in [0.29, 0.717) is 0 Å². The fourth-order valence-electron chi connectivity index (χ4n) is 1.24. The molecule has 0 aromatic carbocycles. The highest BCUT2D eigenvalue weighted by molar-refractivity contribution is 7.90. The molecule has 0 saturated heterocycles. The summed E-state index contributed by atoms with van der Waals surface area (Å²) in [6.45, 7) is 2.13. The maximum Gasteiger partial charge on any atom is 0.169 e. The molecule has 0 aromatic rings. The van der Waals surface area contributed by atoms with Gasteiger partial charge in [-0.3, -0.25) is 9.00 Å². The number of unbranched alkanes of at least 4 members (excludes halogenated alkanes) is 2. The highest BCUT2D eigenvalue weighted by Crippen LogP contribution is 2.18. The predicted molar refractivity (Wildman–Crippen MR) is 50.2 cm³/mol. The van der Waals surface area contributed by atoms with Crippen LogP contribution in [0.25, 0.3) is 0 Å². The molecule has 1 rings (SSSR count). The standard InChI is InChI=1S/C9H14O2S/c1-2-3-4-5-9-6-8(10)7-12(9)11/h6H,2-5,7H2,1H3. The summed E-state index contributed by atoms with van der Waals surface area (Å²) in [7, 11) is -0.983. The van der Waals surface area contributed by atoms with Crippen molar-refractivity contribution in [1.82, 2.24) is 0 Å². The van der Waals surface area contributed by atoms with Crippen molar-refractivity contribution in [3.05, 3.63) is 11.0 Å². The lowest BCUT2D eigenvalue weighted by Crippen LogP contribution is -1.98. The number of hydrogen-bond donors (Lipinski definition) is 0. The average molecular weight is 186 g/mol. The second-order valence-electron chi connectivity index (χ2n) is 3.02. The maximum atomic E-state index is 11.2. The Bertz CT molecular complexity index is 231. The Morgan fingerprint density at radius 1 is 1.50 bits per heavy atom. The zero-order valence-corrected chi connectivity index (χ0v) is 8.15. The Morgan fingerprint density at radius 2 is 2.25 bits per heavy atom. The number of carbonyl (C=O) groups excluding carboxylic acids is 1. The summed E-state index contributed by atoms with van der Waals surface area (Å²) >= 11 is 0. The number of hydrogen-bond acceptors (Lipinski definition) is 2. The van der Waals surface area contributed by atoms with Crippen LogP contribution in [0.15, 0.2) is 11.0 Å². The third-order valence-corrected chi connectivity index (χ3v) is 3.37. The first-order valence-corrected chi connectivity index (χ1v) is 5.67. The predicted octanol–water partition coefficient (Wildman–Crippen LogP) is 1.78. The minimum absolute atomic E-state index is 0.0276. The van der Waals surface area contributed by atoms with Gasteiger partial charge in [-0.05, 0) is 18.9 Å². The van der Waals surface area contributed by atoms with Crippen molar-refractivity contribution < 1.29 is 9.00 Å². The monoisotopic (exact) mass is 186 g/mol. The van der Waals surface area contributed by atoms with Crippen LogP contribution in [0.4, 0.5) is 0 Å². The van der Waals surface area contributed by atoms with Crippen molar-refractivity contribution in [2.75, 3.05) is 5.75 Å². The Balaban J connectivity index is 2.36. The molecule has 0 bridgehead atoms. The van der Waals surface area contributed by atoms with Gasteiger partial charge in [-0.15, -0.1) is 0 Å². The van der Waals surface area contributed by atoms with Gasteiger partial charge in [-0.2, -0.15) is 0 Å². The average Bonchev–Trinajstić information content (AvgIpc) is 2.31. The van der Waals surface area contributed by atoms with Gasteiger partial charge in [0, 0.05) is 4.91 Å². The highest BCUT2D eigenvalue weighted by Gasteiger charge is 2.18. The Hall–Kier alpha value is -0.440. The first kappa shape index (κ1) is 9.65. The zero-order chi connectivity index (χ0) is 8.97. The molecule has 1 aliphatic rings. The summed E-state index contributed by atoms with van der Waals surface area (Å²) in [6.07, 6.45) is 5.77. The lowest BCUT2D eigenvalue weighted by molar-refractivity contribution is -0.112. The minimum Gasteiger partial charge on any atom is -0.294 e. The van der Waals surface area contributed by atoms with Gasteiger partial charge in [0.1, 0.15) is 0 Å². The van der Waals surface area contributed by atoms with Gasteiger partial charge in [0.2, 0.25) is 0 Å². The van der Waals surface area contributed by atoms with Crippen molar-refractivity contribution >= 4 is 16.6 Å². The molecule has 0 fully saturated rings. The molecule has 68 valence electrons. The van der Waals surface area contributed by atoms with E-state index < -0.39 is 10.8 Å². The van der Waals surface area contributed by atoms with E-state index in [1.54, 1.807) is 6.08 Å². The molecule has 1 heterocycles. The number of carbonyl (C=O) groups is 1. The highest BCUT2D eigenvalue weighted by atomic mass is 32.2. The molecule has 1 atom stereocenters. The fraction of sp³-hybridized carbons (Fsp3) is 0.667. The van der Waals surface area contributed by atoms with Crippen molar-refractivity contribution in [2.24, 2.45) is 0 Å². The SMILES string of the molecule is CCCCCC1=CC(=O)CS1=O. The second kappa shape index (κ2) is 4.55. The lowest BCUT2D eigenvalue weighted by atomic mass is 10.2. The number of rotatable bonds is 4. The van der Waals surface area contributed by atoms with E-state index in [0.717, 1.165) is 30.6 Å². The van der Waals surface area contributed by atoms with Gasteiger partial charge in [-0.1, -0.05) is 19.8 Å².